The van der Waals surface area contributed by atoms with Crippen LogP contribution in [-0.4, -0.2) is 93.5 Å². The number of carbonyl (C=O) groups excluding carboxylic acids is 4. The lowest BCUT2D eigenvalue weighted by Crippen LogP contribution is -2.58. The number of nitrogens with one attached hydrogen (secondary N) is 3. The van der Waals surface area contributed by atoms with Crippen LogP contribution in [0.5, 0.6) is 5.75 Å². The lowest BCUT2D eigenvalue weighted by Gasteiger charge is -2.30. The summed E-state index contributed by atoms with van der Waals surface area (Å²) < 4.78 is 38.7. The van der Waals surface area contributed by atoms with Gasteiger partial charge >= 0.3 is 0 Å². The molecule has 0 radical (unpaired) electrons. The molecule has 4 amide bonds. The standard InChI is InChI=1S/C38H42N8O8S2/c1-53-26-13-11-23(12-14-26)31-32(35-39-17-19-55-35)43-46(42-31)25-20-29-33(47)41-38(37(50)44-56(51,52)27-15-16-27)21-24(38)8-5-3-2-4-6-9-28(36(49)45(29)22-25)40-34(48)30-10-7-18-54-30/h5,7-8,10-14,17-19,24-25,27-29H,2-4,6,9,15-16,20-22H2,1H3,(H,40,48)(H,41,47)(H,44,50)/b8-5+/t24-,25-,28-,29+,38-/m1/s1. The van der Waals surface area contributed by atoms with Gasteiger partial charge in [-0.15, -0.1) is 16.4 Å². The number of allylic oxidation sites excluding steroid dienone is 1. The predicted octanol–water partition coefficient (Wildman–Crippen LogP) is 3.61. The number of methoxy groups -OCH3 is 1. The Morgan fingerprint density at radius 2 is 1.86 bits per heavy atom. The Morgan fingerprint density at radius 3 is 2.57 bits per heavy atom. The van der Waals surface area contributed by atoms with E-state index in [1.54, 1.807) is 19.4 Å². The summed E-state index contributed by atoms with van der Waals surface area (Å²) in [6, 6.07) is 7.72. The van der Waals surface area contributed by atoms with Gasteiger partial charge in [0.1, 0.15) is 39.8 Å². The summed E-state index contributed by atoms with van der Waals surface area (Å²) in [4.78, 5) is 63.7. The molecule has 3 N–H and O–H groups in total. The maximum atomic E-state index is 14.7. The van der Waals surface area contributed by atoms with Crippen LogP contribution in [0.25, 0.3) is 22.0 Å². The number of fused-ring (bicyclic) bond motifs is 2. The summed E-state index contributed by atoms with van der Waals surface area (Å²) in [6.45, 7) is 0.0106. The quantitative estimate of drug-likeness (QED) is 0.208. The van der Waals surface area contributed by atoms with E-state index >= 15 is 0 Å². The number of carbonyl (C=O) groups is 4. The number of aromatic nitrogens is 4. The summed E-state index contributed by atoms with van der Waals surface area (Å²) in [5.74, 6) is -2.18. The molecule has 3 aromatic heterocycles. The van der Waals surface area contributed by atoms with Crippen LogP contribution in [0.4, 0.5) is 0 Å². The van der Waals surface area contributed by atoms with Gasteiger partial charge in [-0.1, -0.05) is 25.0 Å². The zero-order valence-electron chi connectivity index (χ0n) is 30.6. The minimum atomic E-state index is -3.90. The van der Waals surface area contributed by atoms with E-state index in [0.717, 1.165) is 18.4 Å². The highest BCUT2D eigenvalue weighted by molar-refractivity contribution is 7.91. The zero-order valence-corrected chi connectivity index (χ0v) is 32.3. The maximum Gasteiger partial charge on any atom is 0.287 e. The summed E-state index contributed by atoms with van der Waals surface area (Å²) in [5, 5.41) is 17.3. The molecule has 18 heteroatoms. The van der Waals surface area contributed by atoms with E-state index in [2.05, 4.69) is 20.3 Å². The van der Waals surface area contributed by atoms with Gasteiger partial charge in [0.25, 0.3) is 11.8 Å². The fraction of sp³-hybridized carbons (Fsp3) is 0.447. The molecule has 294 valence electrons. The van der Waals surface area contributed by atoms with Gasteiger partial charge < -0.3 is 24.7 Å². The maximum absolute atomic E-state index is 14.7. The van der Waals surface area contributed by atoms with Crippen LogP contribution in [-0.2, 0) is 24.4 Å². The topological polar surface area (TPSA) is 208 Å². The molecule has 2 aliphatic carbocycles. The number of benzene rings is 1. The molecule has 1 aromatic carbocycles. The van der Waals surface area contributed by atoms with Gasteiger partial charge in [-0.3, -0.25) is 23.9 Å². The van der Waals surface area contributed by atoms with Gasteiger partial charge in [0.15, 0.2) is 5.76 Å². The lowest BCUT2D eigenvalue weighted by molar-refractivity contribution is -0.141. The number of ether oxygens (including phenoxy) is 1. The number of furan rings is 1. The molecule has 4 aromatic rings. The molecule has 1 saturated heterocycles. The van der Waals surface area contributed by atoms with Gasteiger partial charge in [0.2, 0.25) is 21.8 Å². The Hall–Kier alpha value is -5.36. The molecule has 5 heterocycles. The van der Waals surface area contributed by atoms with E-state index in [1.807, 2.05) is 41.8 Å². The van der Waals surface area contributed by atoms with Crippen molar-refractivity contribution < 1.29 is 36.7 Å². The smallest absolute Gasteiger partial charge is 0.287 e. The first-order chi connectivity index (χ1) is 27.1. The number of nitrogens with zero attached hydrogens (tertiary/aromatic N) is 5. The summed E-state index contributed by atoms with van der Waals surface area (Å²) in [6.07, 6.45) is 11.2. The molecule has 5 atom stereocenters. The Bertz CT molecular complexity index is 2240. The van der Waals surface area contributed by atoms with Crippen LogP contribution in [0.1, 0.15) is 74.4 Å². The average molecular weight is 803 g/mol. The normalized spacial score (nSPS) is 26.2. The van der Waals surface area contributed by atoms with Crippen LogP contribution in [0.2, 0.25) is 0 Å². The summed E-state index contributed by atoms with van der Waals surface area (Å²) in [5.41, 5.74) is 0.311. The van der Waals surface area contributed by atoms with Crippen LogP contribution in [0.15, 0.2) is 70.8 Å². The van der Waals surface area contributed by atoms with Crippen molar-refractivity contribution in [3.63, 3.8) is 0 Å². The third-order valence-corrected chi connectivity index (χ3v) is 13.5. The van der Waals surface area contributed by atoms with Crippen LogP contribution >= 0.6 is 11.3 Å². The van der Waals surface area contributed by atoms with Gasteiger partial charge in [-0.2, -0.15) is 9.90 Å². The number of hydrogen-bond donors (Lipinski definition) is 3. The predicted molar refractivity (Wildman–Crippen MR) is 204 cm³/mol. The van der Waals surface area contributed by atoms with Crippen molar-refractivity contribution in [1.29, 1.82) is 0 Å². The third-order valence-electron chi connectivity index (χ3n) is 10.9. The van der Waals surface area contributed by atoms with Gasteiger partial charge in [-0.25, -0.2) is 13.4 Å². The van der Waals surface area contributed by atoms with Gasteiger partial charge in [-0.05, 0) is 74.9 Å². The second-order valence-electron chi connectivity index (χ2n) is 14.7. The minimum Gasteiger partial charge on any atom is -0.497 e. The van der Waals surface area contributed by atoms with Crippen molar-refractivity contribution >= 4 is 45.0 Å². The largest absolute Gasteiger partial charge is 0.497 e. The number of hydrogen-bond acceptors (Lipinski definition) is 12. The van der Waals surface area contributed by atoms with Crippen molar-refractivity contribution in [2.75, 3.05) is 13.7 Å². The lowest BCUT2D eigenvalue weighted by atomic mass is 10.0. The second kappa shape index (κ2) is 15.3. The van der Waals surface area contributed by atoms with Crippen molar-refractivity contribution in [3.8, 4) is 27.7 Å². The first kappa shape index (κ1) is 37.6. The van der Waals surface area contributed by atoms with Crippen LogP contribution in [0.3, 0.4) is 0 Å². The number of rotatable bonds is 9. The van der Waals surface area contributed by atoms with Crippen LogP contribution in [0, 0.1) is 5.92 Å². The van der Waals surface area contributed by atoms with E-state index < -0.39 is 68.5 Å². The molecule has 2 saturated carbocycles. The van der Waals surface area contributed by atoms with Crippen molar-refractivity contribution in [1.82, 2.24) is 40.2 Å². The van der Waals surface area contributed by atoms with E-state index in [-0.39, 0.29) is 25.1 Å². The van der Waals surface area contributed by atoms with Crippen molar-refractivity contribution in [2.24, 2.45) is 5.92 Å². The minimum absolute atomic E-state index is 0.0106. The molecule has 2 aliphatic heterocycles. The SMILES string of the molecule is COc1ccc(-c2nn([C@@H]3C[C@H]4C(=O)N[C@]5(C(=O)NS(=O)(=O)C6CC6)C[C@H]5/C=C/CCCCC[C@@H](NC(=O)c5ccco5)C(=O)N4C3)nc2-c2nccs2)cc1. The molecule has 4 aliphatic rings. The first-order valence-corrected chi connectivity index (χ1v) is 21.2. The van der Waals surface area contributed by atoms with Crippen molar-refractivity contribution in [2.45, 2.75) is 86.7 Å². The summed E-state index contributed by atoms with van der Waals surface area (Å²) in [7, 11) is -2.32. The molecule has 0 bridgehead atoms. The number of thiazole rings is 1. The van der Waals surface area contributed by atoms with E-state index in [1.165, 1.54) is 33.4 Å². The molecular weight excluding hydrogens is 761 g/mol. The molecule has 16 nitrogen and oxygen atoms in total. The third kappa shape index (κ3) is 7.58. The monoisotopic (exact) mass is 802 g/mol. The highest BCUT2D eigenvalue weighted by atomic mass is 32.2. The molecule has 56 heavy (non-hydrogen) atoms. The van der Waals surface area contributed by atoms with Crippen LogP contribution < -0.4 is 20.1 Å². The Kier molecular flexibility index (Phi) is 10.3. The Morgan fingerprint density at radius 1 is 1.05 bits per heavy atom. The van der Waals surface area contributed by atoms with Gasteiger partial charge in [0, 0.05) is 36.0 Å². The number of sulfonamides is 1. The Balaban J connectivity index is 1.14. The molecular formula is C38H42N8O8S2. The zero-order chi connectivity index (χ0) is 39.0. The molecule has 8 rings (SSSR count). The molecule has 0 spiro atoms. The first-order valence-electron chi connectivity index (χ1n) is 18.8. The highest BCUT2D eigenvalue weighted by Crippen LogP contribution is 2.46. The highest BCUT2D eigenvalue weighted by Gasteiger charge is 2.62. The van der Waals surface area contributed by atoms with E-state index in [4.69, 9.17) is 19.4 Å². The van der Waals surface area contributed by atoms with E-state index in [0.29, 0.717) is 54.2 Å². The van der Waals surface area contributed by atoms with E-state index in [9.17, 15) is 27.6 Å². The van der Waals surface area contributed by atoms with Crippen molar-refractivity contribution in [3.05, 3.63) is 72.2 Å². The molecule has 3 fully saturated rings. The Labute approximate surface area is 327 Å². The molecule has 0 unspecified atom stereocenters. The fourth-order valence-corrected chi connectivity index (χ4v) is 9.48. The average Bonchev–Trinajstić information content (AvgIpc) is 3.74. The van der Waals surface area contributed by atoms with Gasteiger partial charge in [0.05, 0.1) is 24.7 Å². The summed E-state index contributed by atoms with van der Waals surface area (Å²) >= 11 is 1.40. The fourth-order valence-electron chi connectivity index (χ4n) is 7.50. The number of amides is 4. The second-order valence-corrected chi connectivity index (χ2v) is 17.6.